The molecule has 0 saturated carbocycles. The molecular weight excluding hydrogens is 711 g/mol. The van der Waals surface area contributed by atoms with Gasteiger partial charge in [0.25, 0.3) is 0 Å². The number of nitrogens with zero attached hydrogens (tertiary/aromatic N) is 3. The van der Waals surface area contributed by atoms with Crippen LogP contribution in [0, 0.1) is 23.7 Å². The summed E-state index contributed by atoms with van der Waals surface area (Å²) in [5, 5.41) is 12.0. The molecule has 1 aromatic carbocycles. The summed E-state index contributed by atoms with van der Waals surface area (Å²) in [5.74, 6) is 1.48. The Bertz CT molecular complexity index is 1120. The maximum absolute atomic E-state index is 12.2. The maximum atomic E-state index is 12.2. The normalized spacial score (nSPS) is 17.0. The highest BCUT2D eigenvalue weighted by Crippen LogP contribution is 2.24. The highest BCUT2D eigenvalue weighted by molar-refractivity contribution is 5.76. The summed E-state index contributed by atoms with van der Waals surface area (Å²) in [7, 11) is 12.6. The van der Waals surface area contributed by atoms with Gasteiger partial charge in [-0.2, -0.15) is 0 Å². The summed E-state index contributed by atoms with van der Waals surface area (Å²) in [4.78, 5) is 50.5. The fraction of sp³-hybridized carbons (Fsp3) is 0.773. The van der Waals surface area contributed by atoms with E-state index in [1.165, 1.54) is 19.0 Å². The number of aromatic hydroxyl groups is 1. The number of phenols is 1. The molecule has 0 aliphatic carbocycles. The molecule has 1 fully saturated rings. The van der Waals surface area contributed by atoms with Gasteiger partial charge in [0.1, 0.15) is 24.6 Å². The number of likely N-dealkylation sites (tertiary alicyclic amines) is 1. The van der Waals surface area contributed by atoms with E-state index in [2.05, 4.69) is 69.4 Å². The second-order valence-corrected chi connectivity index (χ2v) is 15.7. The number of benzene rings is 1. The lowest BCUT2D eigenvalue weighted by molar-refractivity contribution is -0.138. The Morgan fingerprint density at radius 2 is 1.55 bits per heavy atom. The number of ether oxygens (including phenoxy) is 2. The van der Waals surface area contributed by atoms with Crippen molar-refractivity contribution in [3.63, 3.8) is 0 Å². The summed E-state index contributed by atoms with van der Waals surface area (Å²) in [6.45, 7) is 20.6. The number of methoxy groups -OCH3 is 2. The zero-order valence-corrected chi connectivity index (χ0v) is 38.3. The average Bonchev–Trinajstić information content (AvgIpc) is 3.60. The predicted octanol–water partition coefficient (Wildman–Crippen LogP) is 5.72. The number of carbonyl (C=O) groups excluding carboxylic acids is 4. The lowest BCUT2D eigenvalue weighted by Crippen LogP contribution is -2.49. The van der Waals surface area contributed by atoms with Crippen LogP contribution in [0.2, 0.25) is 0 Å². The number of amides is 1. The number of hydrogen-bond donors (Lipinski definition) is 3. The van der Waals surface area contributed by atoms with E-state index in [0.717, 1.165) is 51.2 Å². The zero-order valence-electron chi connectivity index (χ0n) is 38.3. The summed E-state index contributed by atoms with van der Waals surface area (Å²) in [5.41, 5.74) is 5.75. The van der Waals surface area contributed by atoms with Crippen LogP contribution in [0.3, 0.4) is 0 Å². The molecule has 12 nitrogen and oxygen atoms in total. The first-order valence-electron chi connectivity index (χ1n) is 20.5. The predicted molar refractivity (Wildman–Crippen MR) is 232 cm³/mol. The molecule has 0 radical (unpaired) electrons. The molecule has 1 aliphatic heterocycles. The van der Waals surface area contributed by atoms with Gasteiger partial charge < -0.3 is 49.8 Å². The highest BCUT2D eigenvalue weighted by atomic mass is 16.5. The molecule has 7 unspecified atom stereocenters. The first kappa shape index (κ1) is 57.6. The van der Waals surface area contributed by atoms with Crippen LogP contribution >= 0.6 is 0 Å². The van der Waals surface area contributed by atoms with E-state index in [-0.39, 0.29) is 36.1 Å². The van der Waals surface area contributed by atoms with Gasteiger partial charge in [-0.15, -0.1) is 0 Å². The van der Waals surface area contributed by atoms with Crippen molar-refractivity contribution in [1.29, 1.82) is 0 Å². The molecule has 2 rings (SSSR count). The zero-order chi connectivity index (χ0) is 44.0. The molecule has 0 bridgehead atoms. The Kier molecular flexibility index (Phi) is 35.3. The van der Waals surface area contributed by atoms with Gasteiger partial charge in [0.2, 0.25) is 5.91 Å². The van der Waals surface area contributed by atoms with E-state index >= 15 is 0 Å². The van der Waals surface area contributed by atoms with Gasteiger partial charge in [-0.1, -0.05) is 67.0 Å². The minimum absolute atomic E-state index is 0.00412. The molecule has 1 aliphatic rings. The SMILES string of the molecule is CC(C)C(C=O)N(C)C(C)C.CCC(C)C(C(CC=O)OC)N(C)C(=O)CC(C)C.CN.CNCCc1ccc(O)cc1.COC(C(C)C=O)C1CCCN1C. The lowest BCUT2D eigenvalue weighted by Gasteiger charge is -2.37. The Morgan fingerprint density at radius 3 is 1.89 bits per heavy atom. The second-order valence-electron chi connectivity index (χ2n) is 15.7. The third kappa shape index (κ3) is 23.5. The average molecular weight is 796 g/mol. The van der Waals surface area contributed by atoms with Gasteiger partial charge in [-0.25, -0.2) is 0 Å². The molecule has 328 valence electrons. The van der Waals surface area contributed by atoms with Crippen molar-refractivity contribution < 1.29 is 33.8 Å². The van der Waals surface area contributed by atoms with Crippen LogP contribution in [0.5, 0.6) is 5.75 Å². The molecule has 4 N–H and O–H groups in total. The Labute approximate surface area is 342 Å². The largest absolute Gasteiger partial charge is 0.508 e. The number of nitrogens with two attached hydrogens (primary N) is 1. The standard InChI is InChI=1S/C15H29NO3.C10H19NO2.C9H13NO.C9H19NO.CH5N/c1-7-12(4)15(13(19-6)8-9-17)16(5)14(18)10-11(2)3;1-8(7-12)10(13-3)9-5-4-6-11(9)2;1-10-7-6-8-2-4-9(11)5-3-8;1-7(2)9(6-11)10(5)8(3)4;1-2/h9,11-13,15H,7-8,10H2,1-6H3;7-10H,4-6H2,1-3H3;2-5,10-11H,6-7H2,1H3;6-9H,1-5H3;2H2,1H3. The maximum Gasteiger partial charge on any atom is 0.222 e. The van der Waals surface area contributed by atoms with Gasteiger partial charge in [0.05, 0.1) is 24.3 Å². The van der Waals surface area contributed by atoms with Crippen LogP contribution in [0.25, 0.3) is 0 Å². The van der Waals surface area contributed by atoms with E-state index < -0.39 is 0 Å². The van der Waals surface area contributed by atoms with Crippen LogP contribution in [0.4, 0.5) is 0 Å². The van der Waals surface area contributed by atoms with Gasteiger partial charge in [-0.05, 0) is 110 Å². The third-order valence-corrected chi connectivity index (χ3v) is 10.3. The summed E-state index contributed by atoms with van der Waals surface area (Å²) in [6.07, 6.45) is 7.89. The van der Waals surface area contributed by atoms with E-state index in [9.17, 15) is 19.2 Å². The van der Waals surface area contributed by atoms with E-state index in [1.807, 2.05) is 54.0 Å². The molecule has 1 aromatic rings. The number of aldehydes is 3. The monoisotopic (exact) mass is 796 g/mol. The quantitative estimate of drug-likeness (QED) is 0.139. The summed E-state index contributed by atoms with van der Waals surface area (Å²) >= 11 is 0. The van der Waals surface area contributed by atoms with E-state index in [1.54, 1.807) is 31.3 Å². The van der Waals surface area contributed by atoms with Crippen LogP contribution in [-0.4, -0.2) is 143 Å². The van der Waals surface area contributed by atoms with Crippen molar-refractivity contribution >= 4 is 24.8 Å². The molecular formula is C44H85N5O7. The lowest BCUT2D eigenvalue weighted by atomic mass is 9.91. The molecule has 7 atom stereocenters. The van der Waals surface area contributed by atoms with Crippen molar-refractivity contribution in [2.24, 2.45) is 29.4 Å². The first-order chi connectivity index (χ1) is 26.4. The molecule has 1 amide bonds. The number of likely N-dealkylation sites (N-methyl/N-ethyl adjacent to an activating group) is 4. The molecule has 1 heterocycles. The Hall–Kier alpha value is -2.74. The van der Waals surface area contributed by atoms with Gasteiger partial charge in [0, 0.05) is 52.1 Å². The topological polar surface area (TPSA) is 155 Å². The van der Waals surface area contributed by atoms with Crippen molar-refractivity contribution in [2.75, 3.05) is 62.5 Å². The Morgan fingerprint density at radius 1 is 0.982 bits per heavy atom. The number of carbonyl (C=O) groups is 4. The van der Waals surface area contributed by atoms with E-state index in [0.29, 0.717) is 48.4 Å². The minimum Gasteiger partial charge on any atom is -0.508 e. The van der Waals surface area contributed by atoms with Gasteiger partial charge >= 0.3 is 0 Å². The number of nitrogens with one attached hydrogen (secondary N) is 1. The third-order valence-electron chi connectivity index (χ3n) is 10.3. The summed E-state index contributed by atoms with van der Waals surface area (Å²) in [6, 6.07) is 8.18. The summed E-state index contributed by atoms with van der Waals surface area (Å²) < 4.78 is 10.8. The fourth-order valence-corrected chi connectivity index (χ4v) is 6.52. The fourth-order valence-electron chi connectivity index (χ4n) is 6.52. The van der Waals surface area contributed by atoms with Crippen molar-refractivity contribution in [2.45, 2.75) is 137 Å². The molecule has 0 spiro atoms. The highest BCUT2D eigenvalue weighted by Gasteiger charge is 2.33. The molecule has 1 saturated heterocycles. The van der Waals surface area contributed by atoms with Crippen LogP contribution in [0.1, 0.15) is 100.0 Å². The smallest absolute Gasteiger partial charge is 0.222 e. The van der Waals surface area contributed by atoms with Gasteiger partial charge in [-0.3, -0.25) is 9.69 Å². The molecule has 12 heteroatoms. The number of rotatable bonds is 20. The number of hydrogen-bond acceptors (Lipinski definition) is 11. The minimum atomic E-state index is -0.228. The van der Waals surface area contributed by atoms with Crippen LogP contribution in [0.15, 0.2) is 24.3 Å². The molecule has 56 heavy (non-hydrogen) atoms. The van der Waals surface area contributed by atoms with Crippen LogP contribution in [-0.2, 0) is 35.1 Å². The van der Waals surface area contributed by atoms with Gasteiger partial charge in [0.15, 0.2) is 0 Å². The number of phenolic OH excluding ortho intramolecular Hbond substituents is 1. The second kappa shape index (κ2) is 34.3. The molecule has 0 aromatic heterocycles. The Balaban J connectivity index is -0.000000675. The first-order valence-corrected chi connectivity index (χ1v) is 20.5. The van der Waals surface area contributed by atoms with Crippen LogP contribution < -0.4 is 11.1 Å². The van der Waals surface area contributed by atoms with Crippen molar-refractivity contribution in [3.05, 3.63) is 29.8 Å². The van der Waals surface area contributed by atoms with E-state index in [4.69, 9.17) is 14.6 Å². The van der Waals surface area contributed by atoms with Crippen molar-refractivity contribution in [1.82, 2.24) is 20.0 Å². The van der Waals surface area contributed by atoms with Crippen molar-refractivity contribution in [3.8, 4) is 5.75 Å².